The van der Waals surface area contributed by atoms with Gasteiger partial charge in [0.2, 0.25) is 5.88 Å². The van der Waals surface area contributed by atoms with E-state index in [1.165, 1.54) is 22.2 Å². The molecule has 0 bridgehead atoms. The number of amides is 4. The molecular formula is C15H19N5O4. The highest BCUT2D eigenvalue weighted by molar-refractivity contribution is 6.38. The summed E-state index contributed by atoms with van der Waals surface area (Å²) in [5.41, 5.74) is 0. The van der Waals surface area contributed by atoms with E-state index in [-0.39, 0.29) is 12.6 Å². The lowest BCUT2D eigenvalue weighted by Crippen LogP contribution is -2.58. The molecule has 0 N–H and O–H groups in total. The zero-order chi connectivity index (χ0) is 17.1. The van der Waals surface area contributed by atoms with Gasteiger partial charge in [0.1, 0.15) is 6.10 Å². The summed E-state index contributed by atoms with van der Waals surface area (Å²) >= 11 is 0. The Balaban J connectivity index is 1.58. The van der Waals surface area contributed by atoms with Crippen LogP contribution in [0.1, 0.15) is 13.3 Å². The average molecular weight is 333 g/mol. The summed E-state index contributed by atoms with van der Waals surface area (Å²) in [7, 11) is 0. The molecule has 4 amide bonds. The highest BCUT2D eigenvalue weighted by Gasteiger charge is 2.39. The van der Waals surface area contributed by atoms with Gasteiger partial charge in [0.05, 0.1) is 12.7 Å². The second kappa shape index (κ2) is 6.81. The number of carbonyl (C=O) groups excluding carboxylic acids is 3. The average Bonchev–Trinajstić information content (AvgIpc) is 3.06. The zero-order valence-electron chi connectivity index (χ0n) is 13.4. The van der Waals surface area contributed by atoms with Gasteiger partial charge in [0, 0.05) is 45.0 Å². The van der Waals surface area contributed by atoms with Crippen LogP contribution in [0.2, 0.25) is 0 Å². The Bertz CT molecular complexity index is 638. The van der Waals surface area contributed by atoms with E-state index in [2.05, 4.69) is 9.97 Å². The molecule has 24 heavy (non-hydrogen) atoms. The minimum atomic E-state index is -0.758. The summed E-state index contributed by atoms with van der Waals surface area (Å²) < 4.78 is 5.68. The minimum absolute atomic E-state index is 0.201. The molecule has 1 aromatic heterocycles. The molecule has 3 rings (SSSR count). The first-order valence-corrected chi connectivity index (χ1v) is 7.92. The zero-order valence-corrected chi connectivity index (χ0v) is 13.4. The number of urea groups is 1. The van der Waals surface area contributed by atoms with Gasteiger partial charge in [-0.05, 0) is 6.92 Å². The van der Waals surface area contributed by atoms with E-state index in [1.54, 1.807) is 13.1 Å². The van der Waals surface area contributed by atoms with Crippen LogP contribution in [0.5, 0.6) is 5.88 Å². The topological polar surface area (TPSA) is 95.9 Å². The second-order valence-corrected chi connectivity index (χ2v) is 5.64. The summed E-state index contributed by atoms with van der Waals surface area (Å²) in [5, 5.41) is 0. The molecule has 2 aliphatic rings. The molecule has 0 aromatic carbocycles. The Hall–Kier alpha value is -2.71. The highest BCUT2D eigenvalue weighted by atomic mass is 16.5. The van der Waals surface area contributed by atoms with Gasteiger partial charge < -0.3 is 14.5 Å². The maximum atomic E-state index is 12.5. The Labute approximate surface area is 139 Å². The van der Waals surface area contributed by atoms with Gasteiger partial charge in [-0.1, -0.05) is 0 Å². The minimum Gasteiger partial charge on any atom is -0.471 e. The number of imide groups is 1. The summed E-state index contributed by atoms with van der Waals surface area (Å²) in [5.74, 6) is -0.977. The number of nitrogens with zero attached hydrogens (tertiary/aromatic N) is 5. The van der Waals surface area contributed by atoms with Crippen molar-refractivity contribution in [3.8, 4) is 5.88 Å². The monoisotopic (exact) mass is 333 g/mol. The summed E-state index contributed by atoms with van der Waals surface area (Å²) in [4.78, 5) is 48.5. The summed E-state index contributed by atoms with van der Waals surface area (Å²) in [6.07, 6.45) is 5.03. The standard InChI is InChI=1S/C15H19N5O4/c1-2-18-7-8-20(14(22)13(18)21)15(23)19-6-3-11(10-19)24-12-9-16-4-5-17-12/h4-5,9,11H,2-3,6-8,10H2,1H3. The molecule has 0 aliphatic carbocycles. The van der Waals surface area contributed by atoms with Crippen LogP contribution in [0, 0.1) is 0 Å². The van der Waals surface area contributed by atoms with Gasteiger partial charge in [-0.2, -0.15) is 0 Å². The van der Waals surface area contributed by atoms with Gasteiger partial charge >= 0.3 is 17.8 Å². The smallest absolute Gasteiger partial charge is 0.327 e. The van der Waals surface area contributed by atoms with Crippen molar-refractivity contribution in [2.45, 2.75) is 19.4 Å². The van der Waals surface area contributed by atoms with E-state index < -0.39 is 17.8 Å². The third-order valence-corrected chi connectivity index (χ3v) is 4.16. The Morgan fingerprint density at radius 3 is 2.79 bits per heavy atom. The molecule has 128 valence electrons. The van der Waals surface area contributed by atoms with E-state index in [1.807, 2.05) is 0 Å². The van der Waals surface area contributed by atoms with Crippen molar-refractivity contribution in [2.24, 2.45) is 0 Å². The van der Waals surface area contributed by atoms with Crippen molar-refractivity contribution < 1.29 is 19.1 Å². The molecule has 9 heteroatoms. The van der Waals surface area contributed by atoms with Gasteiger partial charge in [-0.3, -0.25) is 19.5 Å². The maximum absolute atomic E-state index is 12.5. The van der Waals surface area contributed by atoms with Crippen LogP contribution in [0.15, 0.2) is 18.6 Å². The number of hydrogen-bond acceptors (Lipinski definition) is 6. The van der Waals surface area contributed by atoms with Crippen molar-refractivity contribution in [1.82, 2.24) is 24.7 Å². The predicted octanol–water partition coefficient (Wildman–Crippen LogP) is -0.260. The van der Waals surface area contributed by atoms with Crippen LogP contribution in [0.4, 0.5) is 4.79 Å². The van der Waals surface area contributed by atoms with Crippen LogP contribution in [0.3, 0.4) is 0 Å². The molecule has 2 aliphatic heterocycles. The normalized spacial score (nSPS) is 21.4. The molecule has 1 aromatic rings. The van der Waals surface area contributed by atoms with Crippen LogP contribution in [-0.2, 0) is 9.59 Å². The summed E-state index contributed by atoms with van der Waals surface area (Å²) in [6, 6.07) is -0.436. The molecule has 0 saturated carbocycles. The van der Waals surface area contributed by atoms with E-state index in [0.29, 0.717) is 38.5 Å². The van der Waals surface area contributed by atoms with E-state index >= 15 is 0 Å². The number of piperazine rings is 1. The molecule has 2 fully saturated rings. The molecule has 2 saturated heterocycles. The van der Waals surface area contributed by atoms with Gasteiger partial charge in [0.15, 0.2) is 0 Å². The lowest BCUT2D eigenvalue weighted by molar-refractivity contribution is -0.153. The van der Waals surface area contributed by atoms with Crippen LogP contribution < -0.4 is 4.74 Å². The number of ether oxygens (including phenoxy) is 1. The molecule has 1 unspecified atom stereocenters. The van der Waals surface area contributed by atoms with E-state index in [4.69, 9.17) is 4.74 Å². The number of likely N-dealkylation sites (tertiary alicyclic amines) is 1. The third kappa shape index (κ3) is 3.15. The Kier molecular flexibility index (Phi) is 4.59. The lowest BCUT2D eigenvalue weighted by atomic mass is 10.3. The highest BCUT2D eigenvalue weighted by Crippen LogP contribution is 2.18. The fourth-order valence-corrected chi connectivity index (χ4v) is 2.84. The van der Waals surface area contributed by atoms with Crippen molar-refractivity contribution in [1.29, 1.82) is 0 Å². The molecule has 0 radical (unpaired) electrons. The van der Waals surface area contributed by atoms with Crippen LogP contribution in [-0.4, -0.2) is 81.3 Å². The van der Waals surface area contributed by atoms with Crippen molar-refractivity contribution >= 4 is 17.8 Å². The Morgan fingerprint density at radius 2 is 2.08 bits per heavy atom. The third-order valence-electron chi connectivity index (χ3n) is 4.16. The fourth-order valence-electron chi connectivity index (χ4n) is 2.84. The van der Waals surface area contributed by atoms with Gasteiger partial charge in [-0.15, -0.1) is 0 Å². The quantitative estimate of drug-likeness (QED) is 0.707. The molecule has 3 heterocycles. The number of likely N-dealkylation sites (N-methyl/N-ethyl adjacent to an activating group) is 1. The lowest BCUT2D eigenvalue weighted by Gasteiger charge is -2.33. The first-order chi connectivity index (χ1) is 11.6. The fraction of sp³-hybridized carbons (Fsp3) is 0.533. The van der Waals surface area contributed by atoms with Gasteiger partial charge in [0.25, 0.3) is 0 Å². The number of hydrogen-bond donors (Lipinski definition) is 0. The molecular weight excluding hydrogens is 314 g/mol. The number of rotatable bonds is 3. The van der Waals surface area contributed by atoms with Gasteiger partial charge in [-0.25, -0.2) is 9.78 Å². The van der Waals surface area contributed by atoms with E-state index in [0.717, 1.165) is 4.90 Å². The SMILES string of the molecule is CCN1CCN(C(=O)N2CCC(Oc3cnccn3)C2)C(=O)C1=O. The van der Waals surface area contributed by atoms with Crippen LogP contribution >= 0.6 is 0 Å². The van der Waals surface area contributed by atoms with Crippen LogP contribution in [0.25, 0.3) is 0 Å². The first-order valence-electron chi connectivity index (χ1n) is 7.92. The van der Waals surface area contributed by atoms with Crippen molar-refractivity contribution in [2.75, 3.05) is 32.7 Å². The van der Waals surface area contributed by atoms with Crippen molar-refractivity contribution in [3.63, 3.8) is 0 Å². The first kappa shape index (κ1) is 16.2. The largest absolute Gasteiger partial charge is 0.471 e. The number of aromatic nitrogens is 2. The molecule has 9 nitrogen and oxygen atoms in total. The van der Waals surface area contributed by atoms with Crippen molar-refractivity contribution in [3.05, 3.63) is 18.6 Å². The second-order valence-electron chi connectivity index (χ2n) is 5.64. The maximum Gasteiger partial charge on any atom is 0.327 e. The predicted molar refractivity (Wildman–Crippen MR) is 82.0 cm³/mol. The Morgan fingerprint density at radius 1 is 1.25 bits per heavy atom. The van der Waals surface area contributed by atoms with E-state index in [9.17, 15) is 14.4 Å². The number of carbonyl (C=O) groups is 3. The summed E-state index contributed by atoms with van der Waals surface area (Å²) in [6.45, 7) is 3.69. The molecule has 1 atom stereocenters. The molecule has 0 spiro atoms.